The normalized spacial score (nSPS) is 12.1. The second-order valence-corrected chi connectivity index (χ2v) is 6.77. The van der Waals surface area contributed by atoms with Gasteiger partial charge < -0.3 is 9.63 Å². The summed E-state index contributed by atoms with van der Waals surface area (Å²) in [7, 11) is 0. The van der Waals surface area contributed by atoms with Gasteiger partial charge in [-0.05, 0) is 18.2 Å². The van der Waals surface area contributed by atoms with Crippen LogP contribution in [-0.4, -0.2) is 15.2 Å². The van der Waals surface area contributed by atoms with E-state index in [-0.39, 0.29) is 0 Å². The number of rotatable bonds is 4. The summed E-state index contributed by atoms with van der Waals surface area (Å²) in [6.07, 6.45) is 2.30. The smallest absolute Gasteiger partial charge is 0.173 e. The molecule has 1 atom stereocenters. The van der Waals surface area contributed by atoms with Gasteiger partial charge in [0.1, 0.15) is 11.8 Å². The average Bonchev–Trinajstić information content (AvgIpc) is 3.16. The van der Waals surface area contributed by atoms with Crippen molar-refractivity contribution >= 4 is 23.2 Å². The Kier molecular flexibility index (Phi) is 4.94. The largest absolute Gasteiger partial charge is 0.383 e. The summed E-state index contributed by atoms with van der Waals surface area (Å²) in [6.45, 7) is 0. The van der Waals surface area contributed by atoms with Crippen LogP contribution in [0, 0.1) is 0 Å². The monoisotopic (exact) mass is 396 g/mol. The fourth-order valence-corrected chi connectivity index (χ4v) is 3.20. The van der Waals surface area contributed by atoms with E-state index in [0.717, 1.165) is 5.56 Å². The Balaban J connectivity index is 1.92. The van der Waals surface area contributed by atoms with Gasteiger partial charge in [0, 0.05) is 29.1 Å². The van der Waals surface area contributed by atoms with Crippen molar-refractivity contribution in [2.75, 3.05) is 0 Å². The third kappa shape index (κ3) is 3.47. The first kappa shape index (κ1) is 17.7. The second-order valence-electron chi connectivity index (χ2n) is 5.96. The van der Waals surface area contributed by atoms with Crippen molar-refractivity contribution in [2.45, 2.75) is 6.10 Å². The van der Waals surface area contributed by atoms with Gasteiger partial charge in [-0.15, -0.1) is 0 Å². The van der Waals surface area contributed by atoms with Gasteiger partial charge in [0.25, 0.3) is 0 Å². The molecule has 0 saturated carbocycles. The highest BCUT2D eigenvalue weighted by Crippen LogP contribution is 2.40. The molecule has 2 heterocycles. The minimum Gasteiger partial charge on any atom is -0.383 e. The lowest BCUT2D eigenvalue weighted by molar-refractivity contribution is 0.220. The van der Waals surface area contributed by atoms with Gasteiger partial charge in [0.05, 0.1) is 15.6 Å². The van der Waals surface area contributed by atoms with Gasteiger partial charge in [0.2, 0.25) is 0 Å². The predicted molar refractivity (Wildman–Crippen MR) is 106 cm³/mol. The zero-order valence-corrected chi connectivity index (χ0v) is 15.5. The number of pyridine rings is 1. The summed E-state index contributed by atoms with van der Waals surface area (Å²) < 4.78 is 5.64. The van der Waals surface area contributed by atoms with Crippen molar-refractivity contribution in [3.05, 3.63) is 94.2 Å². The summed E-state index contributed by atoms with van der Waals surface area (Å²) in [4.78, 5) is 4.10. The predicted octanol–water partition coefficient (Wildman–Crippen LogP) is 5.79. The molecule has 0 aliphatic heterocycles. The van der Waals surface area contributed by atoms with Crippen molar-refractivity contribution in [1.82, 2.24) is 10.1 Å². The Morgan fingerprint density at radius 1 is 0.889 bits per heavy atom. The minimum absolute atomic E-state index is 0.403. The number of nitrogens with zero attached hydrogens (tertiary/aromatic N) is 2. The quantitative estimate of drug-likeness (QED) is 0.473. The molecule has 6 heteroatoms. The molecule has 1 N–H and O–H groups in total. The average molecular weight is 397 g/mol. The molecule has 1 unspecified atom stereocenters. The Bertz CT molecular complexity index is 1070. The first-order valence-corrected chi connectivity index (χ1v) is 8.99. The van der Waals surface area contributed by atoms with Crippen LogP contribution >= 0.6 is 23.2 Å². The Morgan fingerprint density at radius 2 is 1.70 bits per heavy atom. The van der Waals surface area contributed by atoms with Crippen LogP contribution in [-0.2, 0) is 0 Å². The molecule has 0 bridgehead atoms. The van der Waals surface area contributed by atoms with Crippen molar-refractivity contribution in [3.63, 3.8) is 0 Å². The van der Waals surface area contributed by atoms with Gasteiger partial charge in [-0.3, -0.25) is 4.98 Å². The number of halogens is 2. The summed E-state index contributed by atoms with van der Waals surface area (Å²) in [5.74, 6) is 0.494. The summed E-state index contributed by atoms with van der Waals surface area (Å²) in [5.41, 5.74) is 3.21. The van der Waals surface area contributed by atoms with Gasteiger partial charge in [0.15, 0.2) is 5.76 Å². The fraction of sp³-hybridized carbons (Fsp3) is 0.0476. The SMILES string of the molecule is OC(c1cccnc1)c1c(-c2ccc(Cl)c(Cl)c2)noc1-c1ccccc1. The van der Waals surface area contributed by atoms with Gasteiger partial charge >= 0.3 is 0 Å². The maximum absolute atomic E-state index is 11.1. The molecule has 0 fully saturated rings. The molecular formula is C21H14Cl2N2O2. The zero-order valence-electron chi connectivity index (χ0n) is 14.0. The number of hydrogen-bond donors (Lipinski definition) is 1. The standard InChI is InChI=1S/C21H14Cl2N2O2/c22-16-9-8-14(11-17(16)23)19-18(20(26)15-7-4-10-24-12-15)21(27-25-19)13-5-2-1-3-6-13/h1-12,20,26H. The first-order chi connectivity index (χ1) is 13.1. The second kappa shape index (κ2) is 7.53. The van der Waals surface area contributed by atoms with Crippen LogP contribution in [0.3, 0.4) is 0 Å². The minimum atomic E-state index is -0.968. The molecule has 27 heavy (non-hydrogen) atoms. The van der Waals surface area contributed by atoms with Crippen molar-refractivity contribution in [3.8, 4) is 22.6 Å². The van der Waals surface area contributed by atoms with Gasteiger partial charge in [-0.25, -0.2) is 0 Å². The van der Waals surface area contributed by atoms with E-state index in [9.17, 15) is 5.11 Å². The molecule has 4 rings (SSSR count). The molecule has 4 aromatic rings. The van der Waals surface area contributed by atoms with E-state index < -0.39 is 6.10 Å². The maximum Gasteiger partial charge on any atom is 0.173 e. The van der Waals surface area contributed by atoms with Crippen LogP contribution in [0.5, 0.6) is 0 Å². The van der Waals surface area contributed by atoms with E-state index in [0.29, 0.717) is 38.2 Å². The molecule has 0 aliphatic carbocycles. The molecule has 2 aromatic carbocycles. The molecular weight excluding hydrogens is 383 g/mol. The van der Waals surface area contributed by atoms with E-state index in [2.05, 4.69) is 10.1 Å². The molecule has 0 radical (unpaired) electrons. The lowest BCUT2D eigenvalue weighted by Crippen LogP contribution is -2.02. The Hall–Kier alpha value is -2.66. The van der Waals surface area contributed by atoms with Gasteiger partial charge in [-0.2, -0.15) is 0 Å². The van der Waals surface area contributed by atoms with Crippen molar-refractivity contribution < 1.29 is 9.63 Å². The third-order valence-corrected chi connectivity index (χ3v) is 4.97. The van der Waals surface area contributed by atoms with E-state index in [1.165, 1.54) is 0 Å². The van der Waals surface area contributed by atoms with E-state index in [4.69, 9.17) is 27.7 Å². The van der Waals surface area contributed by atoms with Crippen LogP contribution in [0.4, 0.5) is 0 Å². The van der Waals surface area contributed by atoms with Crippen LogP contribution in [0.1, 0.15) is 17.2 Å². The molecule has 0 spiro atoms. The van der Waals surface area contributed by atoms with Crippen LogP contribution in [0.25, 0.3) is 22.6 Å². The molecule has 134 valence electrons. The van der Waals surface area contributed by atoms with Crippen molar-refractivity contribution in [2.24, 2.45) is 0 Å². The van der Waals surface area contributed by atoms with Gasteiger partial charge in [-0.1, -0.05) is 70.8 Å². The number of benzene rings is 2. The maximum atomic E-state index is 11.1. The number of hydrogen-bond acceptors (Lipinski definition) is 4. The zero-order chi connectivity index (χ0) is 18.8. The van der Waals surface area contributed by atoms with Crippen LogP contribution < -0.4 is 0 Å². The van der Waals surface area contributed by atoms with E-state index in [1.54, 1.807) is 42.7 Å². The molecule has 2 aromatic heterocycles. The first-order valence-electron chi connectivity index (χ1n) is 8.23. The number of aliphatic hydroxyl groups excluding tert-OH is 1. The van der Waals surface area contributed by atoms with Crippen LogP contribution in [0.2, 0.25) is 10.0 Å². The molecule has 0 aliphatic rings. The molecule has 0 saturated heterocycles. The van der Waals surface area contributed by atoms with Crippen molar-refractivity contribution in [1.29, 1.82) is 0 Å². The fourth-order valence-electron chi connectivity index (χ4n) is 2.90. The van der Waals surface area contributed by atoms with E-state index in [1.807, 2.05) is 30.3 Å². The Labute approximate surface area is 166 Å². The summed E-state index contributed by atoms with van der Waals surface area (Å²) in [5, 5.41) is 16.2. The third-order valence-electron chi connectivity index (χ3n) is 4.23. The summed E-state index contributed by atoms with van der Waals surface area (Å²) >= 11 is 12.2. The Morgan fingerprint density at radius 3 is 2.41 bits per heavy atom. The highest BCUT2D eigenvalue weighted by molar-refractivity contribution is 6.42. The highest BCUT2D eigenvalue weighted by atomic mass is 35.5. The van der Waals surface area contributed by atoms with E-state index >= 15 is 0 Å². The number of aromatic nitrogens is 2. The highest BCUT2D eigenvalue weighted by Gasteiger charge is 2.26. The van der Waals surface area contributed by atoms with Crippen LogP contribution in [0.15, 0.2) is 77.6 Å². The molecule has 0 amide bonds. The lowest BCUT2D eigenvalue weighted by atomic mass is 9.95. The summed E-state index contributed by atoms with van der Waals surface area (Å²) in [6, 6.07) is 18.3. The molecule has 4 nitrogen and oxygen atoms in total. The number of aliphatic hydroxyl groups is 1. The topological polar surface area (TPSA) is 59.2 Å². The lowest BCUT2D eigenvalue weighted by Gasteiger charge is -2.13.